The van der Waals surface area contributed by atoms with Gasteiger partial charge in [0.15, 0.2) is 0 Å². The predicted molar refractivity (Wildman–Crippen MR) is 116 cm³/mol. The van der Waals surface area contributed by atoms with E-state index in [1.54, 1.807) is 0 Å². The van der Waals surface area contributed by atoms with Crippen LogP contribution in [0.1, 0.15) is 103 Å². The first-order valence-electron chi connectivity index (χ1n) is 11.7. The van der Waals surface area contributed by atoms with E-state index in [0.717, 1.165) is 25.8 Å². The summed E-state index contributed by atoms with van der Waals surface area (Å²) in [6, 6.07) is 0. The van der Waals surface area contributed by atoms with Crippen molar-refractivity contribution in [1.82, 2.24) is 4.90 Å². The number of nitrogens with zero attached hydrogens (tertiary/aromatic N) is 1. The van der Waals surface area contributed by atoms with Crippen molar-refractivity contribution in [2.75, 3.05) is 6.54 Å². The third-order valence-corrected chi connectivity index (χ3v) is 6.00. The van der Waals surface area contributed by atoms with Crippen LogP contribution in [0.4, 0.5) is 0 Å². The Hall–Kier alpha value is -1.31. The van der Waals surface area contributed by atoms with Crippen molar-refractivity contribution in [2.45, 2.75) is 103 Å². The highest BCUT2D eigenvalue weighted by Crippen LogP contribution is 2.29. The summed E-state index contributed by atoms with van der Waals surface area (Å²) >= 11 is 0. The number of carbonyl (C=O) groups excluding carboxylic acids is 1. The molecule has 0 aromatic rings. The summed E-state index contributed by atoms with van der Waals surface area (Å²) in [5, 5.41) is 0. The van der Waals surface area contributed by atoms with E-state index in [0.29, 0.717) is 5.78 Å². The van der Waals surface area contributed by atoms with Gasteiger partial charge in [-0.1, -0.05) is 89.7 Å². The predicted octanol–water partition coefficient (Wildman–Crippen LogP) is 7.33. The zero-order valence-corrected chi connectivity index (χ0v) is 17.6. The first kappa shape index (κ1) is 22.0. The van der Waals surface area contributed by atoms with Crippen LogP contribution >= 0.6 is 0 Å². The Kier molecular flexibility index (Phi) is 11.2. The lowest BCUT2D eigenvalue weighted by molar-refractivity contribution is -0.122. The number of carbonyl (C=O) groups is 1. The van der Waals surface area contributed by atoms with Crippen LogP contribution in [0.2, 0.25) is 0 Å². The van der Waals surface area contributed by atoms with Crippen LogP contribution < -0.4 is 0 Å². The second kappa shape index (κ2) is 13.8. The molecule has 0 N–H and O–H groups in total. The Balaban J connectivity index is 1.69. The number of Topliss-reactive ketones (excluding diaryl/α,β-unsaturated/α-hetero) is 1. The van der Waals surface area contributed by atoms with E-state index >= 15 is 0 Å². The number of ketones is 1. The molecule has 0 aromatic carbocycles. The monoisotopic (exact) mass is 371 g/mol. The summed E-state index contributed by atoms with van der Waals surface area (Å²) in [5.41, 5.74) is 1.24. The van der Waals surface area contributed by atoms with Crippen molar-refractivity contribution in [3.05, 3.63) is 36.2 Å². The van der Waals surface area contributed by atoms with Gasteiger partial charge in [-0.3, -0.25) is 4.79 Å². The van der Waals surface area contributed by atoms with Crippen LogP contribution in [-0.2, 0) is 4.79 Å². The molecule has 1 saturated carbocycles. The minimum absolute atomic E-state index is 0.114. The van der Waals surface area contributed by atoms with Gasteiger partial charge >= 0.3 is 0 Å². The van der Waals surface area contributed by atoms with Crippen molar-refractivity contribution < 1.29 is 4.79 Å². The van der Waals surface area contributed by atoms with Gasteiger partial charge in [-0.05, 0) is 31.4 Å². The van der Waals surface area contributed by atoms with Gasteiger partial charge < -0.3 is 4.90 Å². The molecule has 1 fully saturated rings. The van der Waals surface area contributed by atoms with Crippen LogP contribution in [0.5, 0.6) is 0 Å². The van der Waals surface area contributed by atoms with Gasteiger partial charge in [0.25, 0.3) is 0 Å². The fourth-order valence-electron chi connectivity index (χ4n) is 4.32. The molecular weight excluding hydrogens is 330 g/mol. The Morgan fingerprint density at radius 1 is 0.852 bits per heavy atom. The van der Waals surface area contributed by atoms with Crippen LogP contribution in [0.25, 0.3) is 0 Å². The maximum Gasteiger partial charge on any atom is 0.141 e. The number of allylic oxidation sites excluding steroid dienone is 5. The highest BCUT2D eigenvalue weighted by molar-refractivity contribution is 5.84. The van der Waals surface area contributed by atoms with Crippen LogP contribution in [0.15, 0.2) is 36.2 Å². The average molecular weight is 372 g/mol. The maximum atomic E-state index is 12.6. The molecule has 2 nitrogen and oxygen atoms in total. The van der Waals surface area contributed by atoms with Crippen molar-refractivity contribution in [2.24, 2.45) is 5.92 Å². The van der Waals surface area contributed by atoms with Gasteiger partial charge in [-0.2, -0.15) is 0 Å². The van der Waals surface area contributed by atoms with E-state index in [1.807, 2.05) is 0 Å². The molecule has 1 aliphatic heterocycles. The van der Waals surface area contributed by atoms with E-state index < -0.39 is 0 Å². The highest BCUT2D eigenvalue weighted by atomic mass is 16.1. The lowest BCUT2D eigenvalue weighted by atomic mass is 9.93. The fraction of sp³-hybridized carbons (Fsp3) is 0.720. The van der Waals surface area contributed by atoms with Gasteiger partial charge in [0, 0.05) is 24.9 Å². The summed E-state index contributed by atoms with van der Waals surface area (Å²) in [7, 11) is 0. The van der Waals surface area contributed by atoms with Crippen molar-refractivity contribution >= 4 is 5.78 Å². The van der Waals surface area contributed by atoms with Gasteiger partial charge in [-0.25, -0.2) is 0 Å². The van der Waals surface area contributed by atoms with E-state index in [1.165, 1.54) is 82.7 Å². The molecule has 0 bridgehead atoms. The van der Waals surface area contributed by atoms with Crippen LogP contribution in [-0.4, -0.2) is 17.2 Å². The Bertz CT molecular complexity index is 502. The first-order chi connectivity index (χ1) is 13.3. The van der Waals surface area contributed by atoms with Crippen LogP contribution in [0, 0.1) is 5.92 Å². The largest absolute Gasteiger partial charge is 0.351 e. The van der Waals surface area contributed by atoms with E-state index in [4.69, 9.17) is 0 Å². The summed E-state index contributed by atoms with van der Waals surface area (Å²) in [4.78, 5) is 15.0. The number of hydrogen-bond acceptors (Lipinski definition) is 2. The number of hydrogen-bond donors (Lipinski definition) is 0. The van der Waals surface area contributed by atoms with E-state index in [9.17, 15) is 4.79 Å². The van der Waals surface area contributed by atoms with Gasteiger partial charge in [0.05, 0.1) is 5.92 Å². The molecule has 1 unspecified atom stereocenters. The van der Waals surface area contributed by atoms with Gasteiger partial charge in [-0.15, -0.1) is 0 Å². The van der Waals surface area contributed by atoms with E-state index in [-0.39, 0.29) is 5.92 Å². The number of rotatable bonds is 12. The molecule has 27 heavy (non-hydrogen) atoms. The molecular formula is C25H41NO. The quantitative estimate of drug-likeness (QED) is 0.264. The zero-order chi connectivity index (χ0) is 19.2. The lowest BCUT2D eigenvalue weighted by Gasteiger charge is -2.28. The summed E-state index contributed by atoms with van der Waals surface area (Å²) in [6.45, 7) is 3.33. The smallest absolute Gasteiger partial charge is 0.141 e. The van der Waals surface area contributed by atoms with Crippen molar-refractivity contribution in [1.29, 1.82) is 0 Å². The average Bonchev–Trinajstić information content (AvgIpc) is 3.03. The summed E-state index contributed by atoms with van der Waals surface area (Å²) < 4.78 is 0. The SMILES string of the molecule is CCCCCCCCCCCCN1C=CC=CC=C1C1CCCCCC1=O. The molecule has 0 saturated heterocycles. The molecule has 2 rings (SSSR count). The minimum atomic E-state index is 0.114. The molecule has 1 aliphatic carbocycles. The molecule has 2 heteroatoms. The van der Waals surface area contributed by atoms with E-state index in [2.05, 4.69) is 42.3 Å². The molecule has 0 spiro atoms. The topological polar surface area (TPSA) is 20.3 Å². The molecule has 0 aromatic heterocycles. The molecule has 152 valence electrons. The normalized spacial score (nSPS) is 20.5. The second-order valence-corrected chi connectivity index (χ2v) is 8.31. The van der Waals surface area contributed by atoms with Gasteiger partial charge in [0.2, 0.25) is 0 Å². The van der Waals surface area contributed by atoms with Crippen molar-refractivity contribution in [3.63, 3.8) is 0 Å². The minimum Gasteiger partial charge on any atom is -0.351 e. The molecule has 0 radical (unpaired) electrons. The molecule has 2 aliphatic rings. The fourth-order valence-corrected chi connectivity index (χ4v) is 4.32. The molecule has 1 atom stereocenters. The van der Waals surface area contributed by atoms with Crippen LogP contribution in [0.3, 0.4) is 0 Å². The first-order valence-corrected chi connectivity index (χ1v) is 11.7. The van der Waals surface area contributed by atoms with Crippen molar-refractivity contribution in [3.8, 4) is 0 Å². The zero-order valence-electron chi connectivity index (χ0n) is 17.6. The Morgan fingerprint density at radius 2 is 1.56 bits per heavy atom. The molecule has 0 amide bonds. The summed E-state index contributed by atoms with van der Waals surface area (Å²) in [5.74, 6) is 0.568. The third-order valence-electron chi connectivity index (χ3n) is 6.00. The summed E-state index contributed by atoms with van der Waals surface area (Å²) in [6.07, 6.45) is 29.6. The molecule has 1 heterocycles. The lowest BCUT2D eigenvalue weighted by Crippen LogP contribution is -2.27. The highest BCUT2D eigenvalue weighted by Gasteiger charge is 2.27. The number of unbranched alkanes of at least 4 members (excludes halogenated alkanes) is 9. The maximum absolute atomic E-state index is 12.6. The van der Waals surface area contributed by atoms with Gasteiger partial charge in [0.1, 0.15) is 5.78 Å². The second-order valence-electron chi connectivity index (χ2n) is 8.31. The Morgan fingerprint density at radius 3 is 2.30 bits per heavy atom. The Labute approximate surface area is 167 Å². The standard InChI is InChI=1S/C25H41NO/c1-2-3-4-5-6-7-8-9-10-16-21-26-22-17-12-14-19-24(26)23-18-13-11-15-20-25(23)27/h12,14,17,19,22-23H,2-11,13,15-16,18,20-21H2,1H3. The third kappa shape index (κ3) is 8.49.